The Labute approximate surface area is 205 Å². The Balaban J connectivity index is 1.64. The summed E-state index contributed by atoms with van der Waals surface area (Å²) in [6.45, 7) is 5.30. The molecule has 1 aliphatic rings. The van der Waals surface area contributed by atoms with E-state index in [4.69, 9.17) is 9.72 Å². The maximum atomic E-state index is 13.7. The molecule has 3 aromatic rings. The Hall–Kier alpha value is -3.09. The van der Waals surface area contributed by atoms with Gasteiger partial charge in [0.1, 0.15) is 11.4 Å². The van der Waals surface area contributed by atoms with Crippen molar-refractivity contribution in [2.75, 3.05) is 0 Å². The number of ether oxygens (including phenoxy) is 1. The maximum absolute atomic E-state index is 13.7. The van der Waals surface area contributed by atoms with Gasteiger partial charge in [-0.05, 0) is 57.4 Å². The molecule has 4 rings (SSSR count). The standard InChI is InChI=1S/C29H32FNO4/c1-29(2,3)35-26(34)17-22(33)16-21(32)14-15-24-27(18-10-12-20(30)13-11-18)23-6-4-5-7-25(23)31-28(24)19-8-9-19/h4-7,10-15,19,21-22,32-33H,8-9,16-17H2,1-3H3/b15-14-/t21-,22-/m1/s1. The van der Waals surface area contributed by atoms with Crippen molar-refractivity contribution in [1.82, 2.24) is 4.98 Å². The number of aliphatic hydroxyl groups is 2. The number of halogens is 1. The number of aliphatic hydroxyl groups excluding tert-OH is 2. The molecule has 2 aromatic carbocycles. The van der Waals surface area contributed by atoms with Crippen molar-refractivity contribution in [3.05, 3.63) is 71.7 Å². The first kappa shape index (κ1) is 25.0. The summed E-state index contributed by atoms with van der Waals surface area (Å²) < 4.78 is 18.9. The number of nitrogens with zero attached hydrogens (tertiary/aromatic N) is 1. The smallest absolute Gasteiger partial charge is 0.308 e. The van der Waals surface area contributed by atoms with Crippen molar-refractivity contribution in [3.63, 3.8) is 0 Å². The number of esters is 1. The number of para-hydroxylation sites is 1. The van der Waals surface area contributed by atoms with E-state index in [0.717, 1.165) is 46.1 Å². The summed E-state index contributed by atoms with van der Waals surface area (Å²) in [6, 6.07) is 14.3. The summed E-state index contributed by atoms with van der Waals surface area (Å²) in [7, 11) is 0. The number of rotatable bonds is 8. The Kier molecular flexibility index (Phi) is 7.33. The third-order valence-electron chi connectivity index (χ3n) is 5.88. The van der Waals surface area contributed by atoms with Crippen LogP contribution >= 0.6 is 0 Å². The maximum Gasteiger partial charge on any atom is 0.308 e. The third-order valence-corrected chi connectivity index (χ3v) is 5.88. The molecule has 0 bridgehead atoms. The highest BCUT2D eigenvalue weighted by Gasteiger charge is 2.29. The van der Waals surface area contributed by atoms with Gasteiger partial charge in [-0.25, -0.2) is 4.39 Å². The van der Waals surface area contributed by atoms with Gasteiger partial charge in [0.05, 0.1) is 29.8 Å². The molecule has 184 valence electrons. The van der Waals surface area contributed by atoms with Crippen LogP contribution in [0.1, 0.15) is 63.6 Å². The molecule has 35 heavy (non-hydrogen) atoms. The zero-order valence-electron chi connectivity index (χ0n) is 20.4. The zero-order chi connectivity index (χ0) is 25.2. The number of hydrogen-bond donors (Lipinski definition) is 2. The minimum Gasteiger partial charge on any atom is -0.460 e. The van der Waals surface area contributed by atoms with Crippen LogP contribution in [-0.2, 0) is 9.53 Å². The Bertz CT molecular complexity index is 1230. The molecule has 1 fully saturated rings. The SMILES string of the molecule is CC(C)(C)OC(=O)C[C@H](O)C[C@H](O)/C=C\c1c(C2CC2)nc2ccccc2c1-c1ccc(F)cc1. The minimum atomic E-state index is -1.03. The second kappa shape index (κ2) is 10.3. The van der Waals surface area contributed by atoms with E-state index >= 15 is 0 Å². The molecule has 0 amide bonds. The Morgan fingerprint density at radius 1 is 1.14 bits per heavy atom. The fourth-order valence-electron chi connectivity index (χ4n) is 4.23. The molecule has 2 N–H and O–H groups in total. The van der Waals surface area contributed by atoms with Crippen molar-refractivity contribution >= 4 is 22.9 Å². The summed E-state index contributed by atoms with van der Waals surface area (Å²) >= 11 is 0. The molecular weight excluding hydrogens is 445 g/mol. The van der Waals surface area contributed by atoms with Gasteiger partial charge in [-0.15, -0.1) is 0 Å². The van der Waals surface area contributed by atoms with E-state index in [1.54, 1.807) is 39.0 Å². The quantitative estimate of drug-likeness (QED) is 0.402. The molecule has 5 nitrogen and oxygen atoms in total. The van der Waals surface area contributed by atoms with Gasteiger partial charge in [0, 0.05) is 28.9 Å². The van der Waals surface area contributed by atoms with Crippen molar-refractivity contribution in [3.8, 4) is 11.1 Å². The number of fused-ring (bicyclic) bond motifs is 1. The molecule has 0 aliphatic heterocycles. The number of hydrogen-bond acceptors (Lipinski definition) is 5. The van der Waals surface area contributed by atoms with Gasteiger partial charge in [-0.3, -0.25) is 9.78 Å². The number of carbonyl (C=O) groups is 1. The van der Waals surface area contributed by atoms with Crippen molar-refractivity contribution in [1.29, 1.82) is 0 Å². The van der Waals surface area contributed by atoms with E-state index in [0.29, 0.717) is 5.92 Å². The normalized spacial score (nSPS) is 15.9. The van der Waals surface area contributed by atoms with Crippen LogP contribution in [-0.4, -0.2) is 39.0 Å². The molecule has 1 heterocycles. The lowest BCUT2D eigenvalue weighted by Gasteiger charge is -2.21. The molecule has 0 spiro atoms. The first-order valence-electron chi connectivity index (χ1n) is 12.1. The molecule has 1 aromatic heterocycles. The van der Waals surface area contributed by atoms with Gasteiger partial charge in [-0.1, -0.05) is 42.5 Å². The predicted octanol–water partition coefficient (Wildman–Crippen LogP) is 5.78. The molecule has 0 radical (unpaired) electrons. The van der Waals surface area contributed by atoms with Gasteiger partial charge in [0.2, 0.25) is 0 Å². The lowest BCUT2D eigenvalue weighted by Crippen LogP contribution is -2.27. The highest BCUT2D eigenvalue weighted by Crippen LogP contribution is 2.45. The lowest BCUT2D eigenvalue weighted by atomic mass is 9.92. The van der Waals surface area contributed by atoms with Crippen LogP contribution in [0.3, 0.4) is 0 Å². The van der Waals surface area contributed by atoms with E-state index in [1.807, 2.05) is 30.3 Å². The van der Waals surface area contributed by atoms with Gasteiger partial charge in [0.15, 0.2) is 0 Å². The molecule has 0 saturated heterocycles. The second-order valence-corrected chi connectivity index (χ2v) is 10.2. The van der Waals surface area contributed by atoms with E-state index in [-0.39, 0.29) is 18.7 Å². The van der Waals surface area contributed by atoms with E-state index < -0.39 is 23.8 Å². The fraction of sp³-hybridized carbons (Fsp3) is 0.379. The van der Waals surface area contributed by atoms with E-state index in [2.05, 4.69) is 0 Å². The Morgan fingerprint density at radius 2 is 1.83 bits per heavy atom. The van der Waals surface area contributed by atoms with Gasteiger partial charge in [0.25, 0.3) is 0 Å². The van der Waals surface area contributed by atoms with Gasteiger partial charge < -0.3 is 14.9 Å². The molecule has 2 atom stereocenters. The summed E-state index contributed by atoms with van der Waals surface area (Å²) in [5, 5.41) is 21.9. The van der Waals surface area contributed by atoms with Crippen LogP contribution in [0.5, 0.6) is 0 Å². The first-order chi connectivity index (χ1) is 16.6. The predicted molar refractivity (Wildman–Crippen MR) is 135 cm³/mol. The Morgan fingerprint density at radius 3 is 2.49 bits per heavy atom. The van der Waals surface area contributed by atoms with Crippen molar-refractivity contribution in [2.45, 2.75) is 70.2 Å². The average Bonchev–Trinajstić information content (AvgIpc) is 3.61. The first-order valence-corrected chi connectivity index (χ1v) is 12.1. The summed E-state index contributed by atoms with van der Waals surface area (Å²) in [5.74, 6) is -0.469. The van der Waals surface area contributed by atoms with E-state index in [1.165, 1.54) is 12.1 Å². The number of pyridine rings is 1. The van der Waals surface area contributed by atoms with Crippen LogP contribution in [0.4, 0.5) is 4.39 Å². The monoisotopic (exact) mass is 477 g/mol. The highest BCUT2D eigenvalue weighted by molar-refractivity contribution is 5.99. The van der Waals surface area contributed by atoms with Crippen LogP contribution < -0.4 is 0 Å². The average molecular weight is 478 g/mol. The van der Waals surface area contributed by atoms with Crippen LogP contribution in [0, 0.1) is 5.82 Å². The lowest BCUT2D eigenvalue weighted by molar-refractivity contribution is -0.157. The molecule has 1 aliphatic carbocycles. The van der Waals surface area contributed by atoms with Crippen molar-refractivity contribution < 1.29 is 24.1 Å². The van der Waals surface area contributed by atoms with Crippen molar-refractivity contribution in [2.24, 2.45) is 0 Å². The third kappa shape index (κ3) is 6.53. The van der Waals surface area contributed by atoms with Gasteiger partial charge in [-0.2, -0.15) is 0 Å². The molecule has 1 saturated carbocycles. The summed E-state index contributed by atoms with van der Waals surface area (Å²) in [4.78, 5) is 16.9. The molecular formula is C29H32FNO4. The number of aromatic nitrogens is 1. The molecule has 6 heteroatoms. The fourth-order valence-corrected chi connectivity index (χ4v) is 4.23. The minimum absolute atomic E-state index is 0.00139. The topological polar surface area (TPSA) is 79.7 Å². The molecule has 0 unspecified atom stereocenters. The largest absolute Gasteiger partial charge is 0.460 e. The zero-order valence-corrected chi connectivity index (χ0v) is 20.4. The number of carbonyl (C=O) groups excluding carboxylic acids is 1. The van der Waals surface area contributed by atoms with Gasteiger partial charge >= 0.3 is 5.97 Å². The van der Waals surface area contributed by atoms with Crippen LogP contribution in [0.2, 0.25) is 0 Å². The highest BCUT2D eigenvalue weighted by atomic mass is 19.1. The summed E-state index contributed by atoms with van der Waals surface area (Å²) in [5.41, 5.74) is 3.90. The van der Waals surface area contributed by atoms with E-state index in [9.17, 15) is 19.4 Å². The number of benzene rings is 2. The summed E-state index contributed by atoms with van der Waals surface area (Å²) in [6.07, 6.45) is 3.39. The van der Waals surface area contributed by atoms with Crippen LogP contribution in [0.15, 0.2) is 54.6 Å². The second-order valence-electron chi connectivity index (χ2n) is 10.2. The van der Waals surface area contributed by atoms with Crippen LogP contribution in [0.25, 0.3) is 28.1 Å².